The molecule has 0 radical (unpaired) electrons. The van der Waals surface area contributed by atoms with Crippen LogP contribution < -0.4 is 10.6 Å². The summed E-state index contributed by atoms with van der Waals surface area (Å²) >= 11 is 0. The Bertz CT molecular complexity index is 410. The molecule has 1 saturated carbocycles. The van der Waals surface area contributed by atoms with Crippen LogP contribution in [0.4, 0.5) is 0 Å². The van der Waals surface area contributed by atoms with Gasteiger partial charge in [0.1, 0.15) is 0 Å². The lowest BCUT2D eigenvalue weighted by Gasteiger charge is -2.16. The maximum absolute atomic E-state index is 4.31. The van der Waals surface area contributed by atoms with Crippen LogP contribution >= 0.6 is 24.0 Å². The van der Waals surface area contributed by atoms with Gasteiger partial charge in [-0.1, -0.05) is 18.9 Å². The molecule has 1 aliphatic rings. The van der Waals surface area contributed by atoms with Crippen molar-refractivity contribution >= 4 is 29.9 Å². The first-order chi connectivity index (χ1) is 9.28. The van der Waals surface area contributed by atoms with Crippen LogP contribution in [0.2, 0.25) is 0 Å². The monoisotopic (exact) mass is 388 g/mol. The Kier molecular flexibility index (Phi) is 7.87. The lowest BCUT2D eigenvalue weighted by atomic mass is 10.2. The van der Waals surface area contributed by atoms with Gasteiger partial charge in [0.15, 0.2) is 5.96 Å². The molecule has 20 heavy (non-hydrogen) atoms. The molecule has 112 valence electrons. The quantitative estimate of drug-likeness (QED) is 0.474. The van der Waals surface area contributed by atoms with Gasteiger partial charge in [0, 0.05) is 31.5 Å². The first kappa shape index (κ1) is 17.2. The highest BCUT2D eigenvalue weighted by Crippen LogP contribution is 2.17. The van der Waals surface area contributed by atoms with Gasteiger partial charge in [-0.3, -0.25) is 9.98 Å². The fourth-order valence-corrected chi connectivity index (χ4v) is 2.43. The largest absolute Gasteiger partial charge is 0.356 e. The summed E-state index contributed by atoms with van der Waals surface area (Å²) in [6.45, 7) is 2.90. The van der Waals surface area contributed by atoms with Crippen LogP contribution in [0.3, 0.4) is 0 Å². The maximum Gasteiger partial charge on any atom is 0.191 e. The van der Waals surface area contributed by atoms with Gasteiger partial charge in [-0.05, 0) is 37.8 Å². The summed E-state index contributed by atoms with van der Waals surface area (Å²) < 4.78 is 0. The molecule has 1 fully saturated rings. The standard InChI is InChI=1S/C15H24N4.HI/c1-12-7-8-13(11-18-12)9-10-17-15(16-2)19-14-5-3-4-6-14;/h7-8,11,14H,3-6,9-10H2,1-2H3,(H2,16,17,19);1H. The molecule has 0 spiro atoms. The van der Waals surface area contributed by atoms with Gasteiger partial charge in [-0.2, -0.15) is 0 Å². The van der Waals surface area contributed by atoms with Crippen molar-refractivity contribution < 1.29 is 0 Å². The van der Waals surface area contributed by atoms with E-state index in [0.717, 1.165) is 24.6 Å². The molecular weight excluding hydrogens is 363 g/mol. The van der Waals surface area contributed by atoms with Crippen molar-refractivity contribution in [3.63, 3.8) is 0 Å². The number of nitrogens with one attached hydrogen (secondary N) is 2. The Hall–Kier alpha value is -0.850. The molecule has 0 aliphatic heterocycles. The Morgan fingerprint density at radius 1 is 1.35 bits per heavy atom. The number of guanidine groups is 1. The minimum atomic E-state index is 0. The molecular formula is C15H25IN4. The van der Waals surface area contributed by atoms with E-state index in [2.05, 4.69) is 32.7 Å². The summed E-state index contributed by atoms with van der Waals surface area (Å²) in [5, 5.41) is 6.85. The van der Waals surface area contributed by atoms with Gasteiger partial charge in [0.2, 0.25) is 0 Å². The van der Waals surface area contributed by atoms with Crippen molar-refractivity contribution in [1.82, 2.24) is 15.6 Å². The Morgan fingerprint density at radius 3 is 2.70 bits per heavy atom. The molecule has 0 amide bonds. The van der Waals surface area contributed by atoms with Gasteiger partial charge in [0.05, 0.1) is 0 Å². The second-order valence-electron chi connectivity index (χ2n) is 5.18. The number of nitrogens with zero attached hydrogens (tertiary/aromatic N) is 2. The third kappa shape index (κ3) is 5.64. The first-order valence-corrected chi connectivity index (χ1v) is 7.16. The van der Waals surface area contributed by atoms with Gasteiger partial charge in [-0.15, -0.1) is 24.0 Å². The molecule has 0 atom stereocenters. The Morgan fingerprint density at radius 2 is 2.10 bits per heavy atom. The first-order valence-electron chi connectivity index (χ1n) is 7.16. The number of hydrogen-bond acceptors (Lipinski definition) is 2. The predicted octanol–water partition coefficient (Wildman–Crippen LogP) is 2.66. The highest BCUT2D eigenvalue weighted by molar-refractivity contribution is 14.0. The molecule has 1 heterocycles. The maximum atomic E-state index is 4.31. The lowest BCUT2D eigenvalue weighted by molar-refractivity contribution is 0.613. The van der Waals surface area contributed by atoms with E-state index >= 15 is 0 Å². The molecule has 5 heteroatoms. The number of aliphatic imine (C=N–C) groups is 1. The summed E-state index contributed by atoms with van der Waals surface area (Å²) in [4.78, 5) is 8.58. The van der Waals surface area contributed by atoms with Gasteiger partial charge >= 0.3 is 0 Å². The van der Waals surface area contributed by atoms with E-state index in [9.17, 15) is 0 Å². The van der Waals surface area contributed by atoms with Crippen LogP contribution in [-0.2, 0) is 6.42 Å². The summed E-state index contributed by atoms with van der Waals surface area (Å²) in [6.07, 6.45) is 8.13. The highest BCUT2D eigenvalue weighted by Gasteiger charge is 2.15. The summed E-state index contributed by atoms with van der Waals surface area (Å²) in [7, 11) is 1.83. The van der Waals surface area contributed by atoms with Crippen molar-refractivity contribution in [3.05, 3.63) is 29.6 Å². The molecule has 0 bridgehead atoms. The van der Waals surface area contributed by atoms with Crippen LogP contribution in [-0.4, -0.2) is 30.6 Å². The van der Waals surface area contributed by atoms with E-state index in [1.165, 1.54) is 31.2 Å². The van der Waals surface area contributed by atoms with Crippen LogP contribution in [0.1, 0.15) is 36.9 Å². The van der Waals surface area contributed by atoms with E-state index in [-0.39, 0.29) is 24.0 Å². The summed E-state index contributed by atoms with van der Waals surface area (Å²) in [6, 6.07) is 4.80. The average Bonchev–Trinajstić information content (AvgIpc) is 2.93. The molecule has 0 unspecified atom stereocenters. The van der Waals surface area contributed by atoms with Crippen LogP contribution in [0.5, 0.6) is 0 Å². The number of halogens is 1. The highest BCUT2D eigenvalue weighted by atomic mass is 127. The van der Waals surface area contributed by atoms with Crippen molar-refractivity contribution in [2.24, 2.45) is 4.99 Å². The van der Waals surface area contributed by atoms with E-state index in [1.807, 2.05) is 20.2 Å². The summed E-state index contributed by atoms with van der Waals surface area (Å²) in [5.74, 6) is 0.923. The van der Waals surface area contributed by atoms with E-state index in [1.54, 1.807) is 0 Å². The van der Waals surface area contributed by atoms with Gasteiger partial charge in [0.25, 0.3) is 0 Å². The second kappa shape index (κ2) is 9.15. The minimum Gasteiger partial charge on any atom is -0.356 e. The van der Waals surface area contributed by atoms with Gasteiger partial charge in [-0.25, -0.2) is 0 Å². The number of hydrogen-bond donors (Lipinski definition) is 2. The number of pyridine rings is 1. The Labute approximate surface area is 138 Å². The SMILES string of the molecule is CN=C(NCCc1ccc(C)nc1)NC1CCCC1.I. The van der Waals surface area contributed by atoms with E-state index in [0.29, 0.717) is 6.04 Å². The molecule has 1 aliphatic carbocycles. The lowest BCUT2D eigenvalue weighted by Crippen LogP contribution is -2.43. The number of aryl methyl sites for hydroxylation is 1. The topological polar surface area (TPSA) is 49.3 Å². The molecule has 1 aromatic heterocycles. The zero-order valence-electron chi connectivity index (χ0n) is 12.4. The van der Waals surface area contributed by atoms with Crippen molar-refractivity contribution in [3.8, 4) is 0 Å². The van der Waals surface area contributed by atoms with Crippen LogP contribution in [0.25, 0.3) is 0 Å². The zero-order chi connectivity index (χ0) is 13.5. The van der Waals surface area contributed by atoms with Crippen molar-refractivity contribution in [2.45, 2.75) is 45.1 Å². The van der Waals surface area contributed by atoms with Crippen LogP contribution in [0, 0.1) is 6.92 Å². The smallest absolute Gasteiger partial charge is 0.191 e. The van der Waals surface area contributed by atoms with Gasteiger partial charge < -0.3 is 10.6 Å². The molecule has 2 rings (SSSR count). The van der Waals surface area contributed by atoms with E-state index in [4.69, 9.17) is 0 Å². The average molecular weight is 388 g/mol. The van der Waals surface area contributed by atoms with E-state index < -0.39 is 0 Å². The number of rotatable bonds is 4. The third-order valence-corrected chi connectivity index (χ3v) is 3.60. The van der Waals surface area contributed by atoms with Crippen molar-refractivity contribution in [2.75, 3.05) is 13.6 Å². The Balaban J connectivity index is 0.00000200. The second-order valence-corrected chi connectivity index (χ2v) is 5.18. The minimum absolute atomic E-state index is 0. The fourth-order valence-electron chi connectivity index (χ4n) is 2.43. The summed E-state index contributed by atoms with van der Waals surface area (Å²) in [5.41, 5.74) is 2.32. The molecule has 0 aromatic carbocycles. The molecule has 2 N–H and O–H groups in total. The fraction of sp³-hybridized carbons (Fsp3) is 0.600. The predicted molar refractivity (Wildman–Crippen MR) is 94.8 cm³/mol. The molecule has 0 saturated heterocycles. The third-order valence-electron chi connectivity index (χ3n) is 3.60. The zero-order valence-corrected chi connectivity index (χ0v) is 14.7. The van der Waals surface area contributed by atoms with Crippen molar-refractivity contribution in [1.29, 1.82) is 0 Å². The molecule has 4 nitrogen and oxygen atoms in total. The molecule has 1 aromatic rings. The van der Waals surface area contributed by atoms with Crippen LogP contribution in [0.15, 0.2) is 23.3 Å². The normalized spacial score (nSPS) is 15.8. The number of aromatic nitrogens is 1.